The second-order valence-electron chi connectivity index (χ2n) is 7.60. The maximum atomic E-state index is 14.4. The summed E-state index contributed by atoms with van der Waals surface area (Å²) >= 11 is 0. The summed E-state index contributed by atoms with van der Waals surface area (Å²) in [4.78, 5) is 7.95. The van der Waals surface area contributed by atoms with E-state index < -0.39 is 30.2 Å². The van der Waals surface area contributed by atoms with Gasteiger partial charge >= 0.3 is 0 Å². The highest BCUT2D eigenvalue weighted by Crippen LogP contribution is 2.38. The molecule has 0 radical (unpaired) electrons. The molecule has 2 aromatic heterocycles. The van der Waals surface area contributed by atoms with E-state index in [4.69, 9.17) is 10.5 Å². The molecule has 2 unspecified atom stereocenters. The Kier molecular flexibility index (Phi) is 4.38. The molecular formula is C20H22FN5O3. The summed E-state index contributed by atoms with van der Waals surface area (Å²) in [6.07, 6.45) is 0.821. The lowest BCUT2D eigenvalue weighted by molar-refractivity contribution is -0.0166. The number of aromatic nitrogens is 3. The Morgan fingerprint density at radius 1 is 1.24 bits per heavy atom. The van der Waals surface area contributed by atoms with E-state index in [1.165, 1.54) is 22.7 Å². The molecule has 5 N–H and O–H groups in total. The summed E-state index contributed by atoms with van der Waals surface area (Å²) in [6, 6.07) is 5.28. The SMILES string of the molecule is Nc1ncnc2c1c(F)cn2C1CC(Oc2cccc3c2CNCC3)[C@@H](O)[C@H]1O. The predicted molar refractivity (Wildman–Crippen MR) is 104 cm³/mol. The number of aliphatic hydroxyl groups excluding tert-OH is 2. The van der Waals surface area contributed by atoms with Gasteiger partial charge in [-0.1, -0.05) is 12.1 Å². The molecule has 2 aliphatic rings. The van der Waals surface area contributed by atoms with Crippen molar-refractivity contribution in [3.63, 3.8) is 0 Å². The van der Waals surface area contributed by atoms with Crippen LogP contribution in [-0.2, 0) is 13.0 Å². The van der Waals surface area contributed by atoms with Gasteiger partial charge in [-0.15, -0.1) is 0 Å². The van der Waals surface area contributed by atoms with Crippen molar-refractivity contribution in [3.8, 4) is 5.75 Å². The number of hydrogen-bond acceptors (Lipinski definition) is 7. The van der Waals surface area contributed by atoms with Gasteiger partial charge in [-0.3, -0.25) is 0 Å². The summed E-state index contributed by atoms with van der Waals surface area (Å²) in [7, 11) is 0. The van der Waals surface area contributed by atoms with Crippen LogP contribution in [0.5, 0.6) is 5.75 Å². The maximum Gasteiger partial charge on any atom is 0.154 e. The molecule has 1 aromatic carbocycles. The molecule has 0 spiro atoms. The number of aliphatic hydroxyl groups is 2. The molecule has 0 saturated heterocycles. The number of fused-ring (bicyclic) bond motifs is 2. The quantitative estimate of drug-likeness (QED) is 0.517. The largest absolute Gasteiger partial charge is 0.487 e. The fourth-order valence-electron chi connectivity index (χ4n) is 4.43. The van der Waals surface area contributed by atoms with Gasteiger partial charge in [-0.05, 0) is 24.6 Å². The average molecular weight is 399 g/mol. The van der Waals surface area contributed by atoms with Crippen molar-refractivity contribution >= 4 is 16.9 Å². The van der Waals surface area contributed by atoms with Crippen molar-refractivity contribution in [2.24, 2.45) is 0 Å². The number of halogens is 1. The first-order valence-electron chi connectivity index (χ1n) is 9.65. The minimum Gasteiger partial charge on any atom is -0.487 e. The minimum atomic E-state index is -1.14. The molecule has 1 saturated carbocycles. The van der Waals surface area contributed by atoms with E-state index in [-0.39, 0.29) is 16.9 Å². The molecule has 0 amide bonds. The van der Waals surface area contributed by atoms with E-state index in [1.807, 2.05) is 12.1 Å². The monoisotopic (exact) mass is 399 g/mol. The summed E-state index contributed by atoms with van der Waals surface area (Å²) in [5.74, 6) is 0.171. The zero-order valence-electron chi connectivity index (χ0n) is 15.6. The van der Waals surface area contributed by atoms with Gasteiger partial charge in [0.15, 0.2) is 5.82 Å². The van der Waals surface area contributed by atoms with Gasteiger partial charge in [0.25, 0.3) is 0 Å². The van der Waals surface area contributed by atoms with Crippen molar-refractivity contribution in [2.45, 2.75) is 43.7 Å². The molecular weight excluding hydrogens is 377 g/mol. The van der Waals surface area contributed by atoms with E-state index in [9.17, 15) is 14.6 Å². The fraction of sp³-hybridized carbons (Fsp3) is 0.400. The Hall–Kier alpha value is -2.75. The van der Waals surface area contributed by atoms with E-state index in [0.29, 0.717) is 18.7 Å². The number of rotatable bonds is 3. The van der Waals surface area contributed by atoms with Crippen LogP contribution in [0.25, 0.3) is 11.0 Å². The third kappa shape index (κ3) is 2.93. The molecule has 1 fully saturated rings. The Balaban J connectivity index is 1.46. The second kappa shape index (κ2) is 6.94. The predicted octanol–water partition coefficient (Wildman–Crippen LogP) is 0.912. The number of nitrogen functional groups attached to an aromatic ring is 1. The molecule has 3 aromatic rings. The zero-order valence-corrected chi connectivity index (χ0v) is 15.6. The molecule has 1 aliphatic carbocycles. The number of nitrogens with two attached hydrogens (primary N) is 1. The van der Waals surface area contributed by atoms with Gasteiger partial charge in [0.1, 0.15) is 41.9 Å². The first kappa shape index (κ1) is 18.3. The molecule has 8 nitrogen and oxygen atoms in total. The smallest absolute Gasteiger partial charge is 0.154 e. The lowest BCUT2D eigenvalue weighted by atomic mass is 10.0. The number of anilines is 1. The van der Waals surface area contributed by atoms with E-state index in [0.717, 1.165) is 18.5 Å². The average Bonchev–Trinajstić information content (AvgIpc) is 3.20. The highest BCUT2D eigenvalue weighted by molar-refractivity contribution is 5.86. The van der Waals surface area contributed by atoms with Crippen molar-refractivity contribution in [1.82, 2.24) is 19.9 Å². The first-order chi connectivity index (χ1) is 14.0. The Morgan fingerprint density at radius 2 is 2.10 bits per heavy atom. The molecule has 1 aliphatic heterocycles. The van der Waals surface area contributed by atoms with E-state index >= 15 is 0 Å². The molecule has 9 heteroatoms. The summed E-state index contributed by atoms with van der Waals surface area (Å²) in [5, 5.41) is 24.7. The Morgan fingerprint density at radius 3 is 2.97 bits per heavy atom. The van der Waals surface area contributed by atoms with Crippen LogP contribution in [0, 0.1) is 5.82 Å². The van der Waals surface area contributed by atoms with Gasteiger partial charge in [0, 0.05) is 24.7 Å². The van der Waals surface area contributed by atoms with Crippen LogP contribution in [0.4, 0.5) is 10.2 Å². The summed E-state index contributed by atoms with van der Waals surface area (Å²) in [5.41, 5.74) is 8.35. The van der Waals surface area contributed by atoms with E-state index in [2.05, 4.69) is 21.4 Å². The van der Waals surface area contributed by atoms with Crippen molar-refractivity contribution in [1.29, 1.82) is 0 Å². The standard InChI is InChI=1S/C20H22FN5O3/c21-12-8-26(20-16(12)19(22)24-9-25-20)13-6-15(18(28)17(13)27)29-14-3-1-2-10-4-5-23-7-11(10)14/h1-3,8-9,13,15,17-18,23,27-28H,4-7H2,(H2,22,24,25)/t13?,15?,17-,18+/m0/s1. The molecule has 29 heavy (non-hydrogen) atoms. The van der Waals surface area contributed by atoms with Gasteiger partial charge < -0.3 is 30.6 Å². The van der Waals surface area contributed by atoms with Gasteiger partial charge in [0.05, 0.1) is 11.4 Å². The zero-order chi connectivity index (χ0) is 20.1. The Labute approximate surface area is 166 Å². The fourth-order valence-corrected chi connectivity index (χ4v) is 4.43. The van der Waals surface area contributed by atoms with Crippen LogP contribution in [0.2, 0.25) is 0 Å². The van der Waals surface area contributed by atoms with Crippen LogP contribution in [0.1, 0.15) is 23.6 Å². The summed E-state index contributed by atoms with van der Waals surface area (Å²) < 4.78 is 22.1. The number of hydrogen-bond donors (Lipinski definition) is 4. The molecule has 4 atom stereocenters. The topological polar surface area (TPSA) is 118 Å². The number of nitrogens with one attached hydrogen (secondary N) is 1. The van der Waals surface area contributed by atoms with Crippen LogP contribution in [-0.4, -0.2) is 49.6 Å². The van der Waals surface area contributed by atoms with Crippen molar-refractivity contribution in [2.75, 3.05) is 12.3 Å². The van der Waals surface area contributed by atoms with Gasteiger partial charge in [-0.25, -0.2) is 14.4 Å². The van der Waals surface area contributed by atoms with Crippen LogP contribution in [0.3, 0.4) is 0 Å². The van der Waals surface area contributed by atoms with Crippen molar-refractivity contribution < 1.29 is 19.3 Å². The number of benzene rings is 1. The second-order valence-corrected chi connectivity index (χ2v) is 7.60. The number of nitrogens with zero attached hydrogens (tertiary/aromatic N) is 3. The molecule has 152 valence electrons. The lowest BCUT2D eigenvalue weighted by Crippen LogP contribution is -2.34. The molecule has 0 bridgehead atoms. The Bertz CT molecular complexity index is 1070. The van der Waals surface area contributed by atoms with Gasteiger partial charge in [-0.2, -0.15) is 0 Å². The van der Waals surface area contributed by atoms with Gasteiger partial charge in [0.2, 0.25) is 0 Å². The maximum absolute atomic E-state index is 14.4. The third-order valence-corrected chi connectivity index (χ3v) is 5.93. The highest BCUT2D eigenvalue weighted by Gasteiger charge is 2.45. The van der Waals surface area contributed by atoms with Crippen LogP contribution in [0.15, 0.2) is 30.7 Å². The van der Waals surface area contributed by atoms with Crippen LogP contribution >= 0.6 is 0 Å². The van der Waals surface area contributed by atoms with Crippen molar-refractivity contribution in [3.05, 3.63) is 47.7 Å². The highest BCUT2D eigenvalue weighted by atomic mass is 19.1. The lowest BCUT2D eigenvalue weighted by Gasteiger charge is -2.24. The normalized spacial score (nSPS) is 26.6. The first-order valence-corrected chi connectivity index (χ1v) is 9.65. The molecule has 3 heterocycles. The third-order valence-electron chi connectivity index (χ3n) is 5.93. The van der Waals surface area contributed by atoms with E-state index in [1.54, 1.807) is 0 Å². The number of ether oxygens (including phenoxy) is 1. The summed E-state index contributed by atoms with van der Waals surface area (Å²) in [6.45, 7) is 1.62. The molecule has 5 rings (SSSR count). The minimum absolute atomic E-state index is 0.0375. The van der Waals surface area contributed by atoms with Crippen LogP contribution < -0.4 is 15.8 Å².